The molecule has 2 aromatic carbocycles. The highest BCUT2D eigenvalue weighted by Crippen LogP contribution is 2.27. The molecule has 0 saturated carbocycles. The van der Waals surface area contributed by atoms with Gasteiger partial charge in [-0.15, -0.1) is 10.2 Å². The number of halogens is 1. The number of ether oxygens (including phenoxy) is 1. The van der Waals surface area contributed by atoms with Gasteiger partial charge in [0.2, 0.25) is 21.8 Å². The largest absolute Gasteiger partial charge is 0.416 e. The second-order valence-electron chi connectivity index (χ2n) is 5.96. The first kappa shape index (κ1) is 17.8. The van der Waals surface area contributed by atoms with Crippen LogP contribution in [0.5, 0.6) is 0 Å². The smallest absolute Gasteiger partial charge is 0.248 e. The van der Waals surface area contributed by atoms with Crippen LogP contribution in [-0.2, 0) is 14.8 Å². The second-order valence-corrected chi connectivity index (χ2v) is 7.90. The number of aromatic nitrogens is 2. The fraction of sp³-hybridized carbons (Fsp3) is 0.222. The Bertz CT molecular complexity index is 1040. The molecule has 7 nitrogen and oxygen atoms in total. The number of rotatable bonds is 4. The van der Waals surface area contributed by atoms with E-state index >= 15 is 0 Å². The summed E-state index contributed by atoms with van der Waals surface area (Å²) in [5.41, 5.74) is 1.07. The van der Waals surface area contributed by atoms with Crippen molar-refractivity contribution in [1.82, 2.24) is 14.5 Å². The summed E-state index contributed by atoms with van der Waals surface area (Å²) in [4.78, 5) is 0.156. The lowest BCUT2D eigenvalue weighted by atomic mass is 10.2. The van der Waals surface area contributed by atoms with Gasteiger partial charge in [-0.25, -0.2) is 12.8 Å². The van der Waals surface area contributed by atoms with Crippen LogP contribution >= 0.6 is 0 Å². The lowest BCUT2D eigenvalue weighted by molar-refractivity contribution is 0.0730. The van der Waals surface area contributed by atoms with Crippen molar-refractivity contribution in [2.24, 2.45) is 0 Å². The third-order valence-electron chi connectivity index (χ3n) is 4.20. The van der Waals surface area contributed by atoms with Gasteiger partial charge in [-0.1, -0.05) is 6.07 Å². The summed E-state index contributed by atoms with van der Waals surface area (Å²) < 4.78 is 50.9. The van der Waals surface area contributed by atoms with E-state index in [1.54, 1.807) is 12.1 Å². The van der Waals surface area contributed by atoms with Gasteiger partial charge in [-0.2, -0.15) is 4.31 Å². The standard InChI is InChI=1S/C18H16FN3O4S/c19-15-6-4-13(5-7-15)17-20-21-18(26-17)14-2-1-3-16(12-14)27(23,24)22-8-10-25-11-9-22/h1-7,12H,8-11H2. The molecule has 0 amide bonds. The Hall–Kier alpha value is -2.62. The third kappa shape index (κ3) is 3.61. The minimum Gasteiger partial charge on any atom is -0.416 e. The summed E-state index contributed by atoms with van der Waals surface area (Å²) in [6, 6.07) is 12.0. The molecule has 1 aliphatic heterocycles. The number of benzene rings is 2. The van der Waals surface area contributed by atoms with Crippen LogP contribution in [-0.4, -0.2) is 49.2 Å². The molecule has 27 heavy (non-hydrogen) atoms. The molecule has 0 N–H and O–H groups in total. The molecule has 0 aliphatic carbocycles. The Kier molecular flexibility index (Phi) is 4.73. The molecule has 1 aliphatic rings. The zero-order chi connectivity index (χ0) is 18.9. The molecular formula is C18H16FN3O4S. The van der Waals surface area contributed by atoms with Crippen LogP contribution in [0.4, 0.5) is 4.39 Å². The molecule has 9 heteroatoms. The quantitative estimate of drug-likeness (QED) is 0.682. The van der Waals surface area contributed by atoms with E-state index in [4.69, 9.17) is 9.15 Å². The van der Waals surface area contributed by atoms with Gasteiger partial charge in [0.25, 0.3) is 0 Å². The SMILES string of the molecule is O=S(=O)(c1cccc(-c2nnc(-c3ccc(F)cc3)o2)c1)N1CCOCC1. The van der Waals surface area contributed by atoms with Crippen molar-refractivity contribution in [1.29, 1.82) is 0 Å². The van der Waals surface area contributed by atoms with Gasteiger partial charge in [-0.05, 0) is 42.5 Å². The average Bonchev–Trinajstić information content (AvgIpc) is 3.20. The van der Waals surface area contributed by atoms with Crippen LogP contribution in [0.15, 0.2) is 57.8 Å². The van der Waals surface area contributed by atoms with Gasteiger partial charge >= 0.3 is 0 Å². The molecule has 0 spiro atoms. The fourth-order valence-electron chi connectivity index (χ4n) is 2.77. The Morgan fingerprint density at radius 3 is 2.30 bits per heavy atom. The summed E-state index contributed by atoms with van der Waals surface area (Å²) in [5.74, 6) is 0.0549. The Morgan fingerprint density at radius 1 is 0.926 bits per heavy atom. The maximum Gasteiger partial charge on any atom is 0.248 e. The first-order valence-electron chi connectivity index (χ1n) is 8.32. The van der Waals surface area contributed by atoms with Crippen molar-refractivity contribution in [3.63, 3.8) is 0 Å². The highest BCUT2D eigenvalue weighted by Gasteiger charge is 2.26. The number of hydrogen-bond acceptors (Lipinski definition) is 6. The maximum atomic E-state index is 13.0. The highest BCUT2D eigenvalue weighted by atomic mass is 32.2. The fourth-order valence-corrected chi connectivity index (χ4v) is 4.23. The normalized spacial score (nSPS) is 15.7. The minimum absolute atomic E-state index is 0.156. The summed E-state index contributed by atoms with van der Waals surface area (Å²) in [7, 11) is -3.62. The molecule has 0 unspecified atom stereocenters. The lowest BCUT2D eigenvalue weighted by Gasteiger charge is -2.26. The average molecular weight is 389 g/mol. The van der Waals surface area contributed by atoms with Crippen LogP contribution in [0.2, 0.25) is 0 Å². The molecule has 2 heterocycles. The summed E-state index contributed by atoms with van der Waals surface area (Å²) in [6.45, 7) is 1.40. The van der Waals surface area contributed by atoms with Gasteiger partial charge in [0.1, 0.15) is 5.82 Å². The van der Waals surface area contributed by atoms with Gasteiger partial charge in [0.15, 0.2) is 0 Å². The van der Waals surface area contributed by atoms with E-state index in [9.17, 15) is 12.8 Å². The topological polar surface area (TPSA) is 85.5 Å². The van der Waals surface area contributed by atoms with Gasteiger partial charge in [0.05, 0.1) is 18.1 Å². The molecule has 4 rings (SSSR count). The molecule has 3 aromatic rings. The van der Waals surface area contributed by atoms with Crippen molar-refractivity contribution in [3.05, 3.63) is 54.3 Å². The molecular weight excluding hydrogens is 373 g/mol. The number of morpholine rings is 1. The van der Waals surface area contributed by atoms with Crippen molar-refractivity contribution >= 4 is 10.0 Å². The Morgan fingerprint density at radius 2 is 1.59 bits per heavy atom. The predicted octanol–water partition coefficient (Wildman–Crippen LogP) is 2.56. The van der Waals surface area contributed by atoms with E-state index in [0.29, 0.717) is 37.4 Å². The van der Waals surface area contributed by atoms with Gasteiger partial charge in [0, 0.05) is 24.2 Å². The molecule has 0 bridgehead atoms. The van der Waals surface area contributed by atoms with Gasteiger partial charge in [-0.3, -0.25) is 0 Å². The zero-order valence-electron chi connectivity index (χ0n) is 14.2. The number of sulfonamides is 1. The second kappa shape index (κ2) is 7.18. The van der Waals surface area contributed by atoms with E-state index in [1.807, 2.05) is 0 Å². The van der Waals surface area contributed by atoms with Crippen molar-refractivity contribution in [3.8, 4) is 22.9 Å². The Labute approximate surface area is 155 Å². The van der Waals surface area contributed by atoms with Crippen molar-refractivity contribution in [2.45, 2.75) is 4.90 Å². The summed E-state index contributed by atoms with van der Waals surface area (Å²) in [5, 5.41) is 7.94. The first-order valence-corrected chi connectivity index (χ1v) is 9.76. The first-order chi connectivity index (χ1) is 13.0. The lowest BCUT2D eigenvalue weighted by Crippen LogP contribution is -2.40. The van der Waals surface area contributed by atoms with Crippen LogP contribution in [0.1, 0.15) is 0 Å². The molecule has 1 aromatic heterocycles. The van der Waals surface area contributed by atoms with Crippen LogP contribution < -0.4 is 0 Å². The minimum atomic E-state index is -3.62. The zero-order valence-corrected chi connectivity index (χ0v) is 15.0. The molecule has 1 saturated heterocycles. The van der Waals surface area contributed by atoms with Crippen LogP contribution in [0.25, 0.3) is 22.9 Å². The molecule has 0 atom stereocenters. The Balaban J connectivity index is 1.64. The van der Waals surface area contributed by atoms with E-state index in [2.05, 4.69) is 10.2 Å². The van der Waals surface area contributed by atoms with Crippen molar-refractivity contribution in [2.75, 3.05) is 26.3 Å². The third-order valence-corrected chi connectivity index (χ3v) is 6.10. The number of hydrogen-bond donors (Lipinski definition) is 0. The number of nitrogens with zero attached hydrogens (tertiary/aromatic N) is 3. The van der Waals surface area contributed by atoms with E-state index in [-0.39, 0.29) is 22.5 Å². The molecule has 140 valence electrons. The van der Waals surface area contributed by atoms with E-state index < -0.39 is 10.0 Å². The molecule has 0 radical (unpaired) electrons. The summed E-state index contributed by atoms with van der Waals surface area (Å²) in [6.07, 6.45) is 0. The van der Waals surface area contributed by atoms with E-state index in [1.165, 1.54) is 40.7 Å². The highest BCUT2D eigenvalue weighted by molar-refractivity contribution is 7.89. The monoisotopic (exact) mass is 389 g/mol. The van der Waals surface area contributed by atoms with Crippen LogP contribution in [0.3, 0.4) is 0 Å². The van der Waals surface area contributed by atoms with Crippen molar-refractivity contribution < 1.29 is 22.0 Å². The van der Waals surface area contributed by atoms with Crippen LogP contribution in [0, 0.1) is 5.82 Å². The van der Waals surface area contributed by atoms with Gasteiger partial charge < -0.3 is 9.15 Å². The maximum absolute atomic E-state index is 13.0. The predicted molar refractivity (Wildman–Crippen MR) is 94.7 cm³/mol. The molecule has 1 fully saturated rings. The summed E-state index contributed by atoms with van der Waals surface area (Å²) >= 11 is 0. The van der Waals surface area contributed by atoms with E-state index in [0.717, 1.165) is 0 Å².